The maximum atomic E-state index is 12.2. The summed E-state index contributed by atoms with van der Waals surface area (Å²) in [6, 6.07) is 14.0. The van der Waals surface area contributed by atoms with Crippen LogP contribution in [0.3, 0.4) is 0 Å². The Morgan fingerprint density at radius 1 is 1.22 bits per heavy atom. The third kappa shape index (κ3) is 5.36. The summed E-state index contributed by atoms with van der Waals surface area (Å²) in [4.78, 5) is 12.2. The van der Waals surface area contributed by atoms with Crippen molar-refractivity contribution in [2.45, 2.75) is 0 Å². The normalized spacial score (nSPS) is 10.3. The van der Waals surface area contributed by atoms with Crippen molar-refractivity contribution in [3.05, 3.63) is 64.7 Å². The molecule has 0 aliphatic carbocycles. The fraction of sp³-hybridized carbons (Fsp3) is 0.0625. The molecular weight excluding hydrogens is 332 g/mol. The van der Waals surface area contributed by atoms with Crippen molar-refractivity contribution in [1.29, 1.82) is 0 Å². The van der Waals surface area contributed by atoms with E-state index in [0.717, 1.165) is 5.56 Å². The average molecular weight is 347 g/mol. The predicted molar refractivity (Wildman–Crippen MR) is 98.2 cm³/mol. The number of anilines is 1. The molecule has 0 fully saturated rings. The Morgan fingerprint density at radius 2 is 1.96 bits per heavy atom. The fourth-order valence-electron chi connectivity index (χ4n) is 1.72. The lowest BCUT2D eigenvalue weighted by atomic mass is 10.2. The van der Waals surface area contributed by atoms with Crippen molar-refractivity contribution in [3.8, 4) is 0 Å². The molecule has 2 aromatic carbocycles. The number of amides is 1. The molecule has 0 bridgehead atoms. The number of thiocarbonyl (C=S) groups is 1. The van der Waals surface area contributed by atoms with Gasteiger partial charge in [-0.1, -0.05) is 23.7 Å². The van der Waals surface area contributed by atoms with Crippen LogP contribution in [-0.4, -0.2) is 24.3 Å². The van der Waals surface area contributed by atoms with Gasteiger partial charge in [0.05, 0.1) is 6.21 Å². The zero-order chi connectivity index (χ0) is 16.7. The van der Waals surface area contributed by atoms with Crippen molar-refractivity contribution in [2.24, 2.45) is 5.10 Å². The number of hydrogen-bond acceptors (Lipinski definition) is 3. The summed E-state index contributed by atoms with van der Waals surface area (Å²) < 4.78 is 0. The smallest absolute Gasteiger partial charge is 0.255 e. The minimum Gasteiger partial charge on any atom is -0.364 e. The highest BCUT2D eigenvalue weighted by molar-refractivity contribution is 7.80. The zero-order valence-electron chi connectivity index (χ0n) is 12.3. The van der Waals surface area contributed by atoms with E-state index in [1.807, 2.05) is 12.1 Å². The standard InChI is InChI=1S/C16H15ClN4OS/c1-18-16(23)21-19-10-11-3-2-4-14(9-11)20-15(22)12-5-7-13(17)8-6-12/h2-10H,1H3,(H,20,22)(H2,18,21,23)/b19-10-. The first-order chi connectivity index (χ1) is 11.1. The van der Waals surface area contributed by atoms with Gasteiger partial charge in [-0.25, -0.2) is 0 Å². The third-order valence-corrected chi connectivity index (χ3v) is 3.41. The Labute approximate surface area is 144 Å². The van der Waals surface area contributed by atoms with Gasteiger partial charge in [-0.3, -0.25) is 10.2 Å². The molecule has 5 nitrogen and oxygen atoms in total. The molecule has 0 unspecified atom stereocenters. The van der Waals surface area contributed by atoms with E-state index >= 15 is 0 Å². The molecule has 23 heavy (non-hydrogen) atoms. The van der Waals surface area contributed by atoms with Gasteiger partial charge < -0.3 is 10.6 Å². The highest BCUT2D eigenvalue weighted by Crippen LogP contribution is 2.13. The molecule has 0 spiro atoms. The van der Waals surface area contributed by atoms with Gasteiger partial charge in [0.25, 0.3) is 5.91 Å². The monoisotopic (exact) mass is 346 g/mol. The van der Waals surface area contributed by atoms with E-state index in [2.05, 4.69) is 21.2 Å². The van der Waals surface area contributed by atoms with Crippen LogP contribution in [0.25, 0.3) is 0 Å². The van der Waals surface area contributed by atoms with Gasteiger partial charge in [-0.2, -0.15) is 5.10 Å². The third-order valence-electron chi connectivity index (χ3n) is 2.86. The number of hydrogen-bond donors (Lipinski definition) is 3. The van der Waals surface area contributed by atoms with E-state index < -0.39 is 0 Å². The SMILES string of the molecule is CNC(=S)N/N=C\c1cccc(NC(=O)c2ccc(Cl)cc2)c1. The first-order valence-corrected chi connectivity index (χ1v) is 7.55. The van der Waals surface area contributed by atoms with E-state index in [4.69, 9.17) is 23.8 Å². The van der Waals surface area contributed by atoms with Crippen LogP contribution in [0.15, 0.2) is 53.6 Å². The topological polar surface area (TPSA) is 65.5 Å². The number of nitrogens with zero attached hydrogens (tertiary/aromatic N) is 1. The largest absolute Gasteiger partial charge is 0.364 e. The van der Waals surface area contributed by atoms with E-state index in [1.165, 1.54) is 0 Å². The first-order valence-electron chi connectivity index (χ1n) is 6.76. The lowest BCUT2D eigenvalue weighted by Crippen LogP contribution is -2.28. The minimum absolute atomic E-state index is 0.203. The Bertz CT molecular complexity index is 731. The second-order valence-corrected chi connectivity index (χ2v) is 5.38. The van der Waals surface area contributed by atoms with E-state index in [1.54, 1.807) is 49.7 Å². The highest BCUT2D eigenvalue weighted by Gasteiger charge is 2.05. The highest BCUT2D eigenvalue weighted by atomic mass is 35.5. The molecule has 7 heteroatoms. The molecule has 0 saturated carbocycles. The summed E-state index contributed by atoms with van der Waals surface area (Å²) in [6.07, 6.45) is 1.61. The molecule has 0 heterocycles. The molecular formula is C16H15ClN4OS. The first kappa shape index (κ1) is 16.9. The van der Waals surface area contributed by atoms with Crippen LogP contribution in [0, 0.1) is 0 Å². The number of rotatable bonds is 4. The number of carbonyl (C=O) groups is 1. The number of hydrazone groups is 1. The summed E-state index contributed by atoms with van der Waals surface area (Å²) in [5, 5.41) is 10.6. The van der Waals surface area contributed by atoms with Crippen LogP contribution < -0.4 is 16.1 Å². The fourth-order valence-corrected chi connectivity index (χ4v) is 1.90. The summed E-state index contributed by atoms with van der Waals surface area (Å²) in [7, 11) is 1.71. The van der Waals surface area contributed by atoms with E-state index in [9.17, 15) is 4.79 Å². The van der Waals surface area contributed by atoms with Gasteiger partial charge in [-0.05, 0) is 54.2 Å². The van der Waals surface area contributed by atoms with Crippen molar-refractivity contribution in [3.63, 3.8) is 0 Å². The van der Waals surface area contributed by atoms with Gasteiger partial charge >= 0.3 is 0 Å². The Kier molecular flexibility index (Phi) is 6.08. The summed E-state index contributed by atoms with van der Waals surface area (Å²) >= 11 is 10.7. The molecule has 0 aromatic heterocycles. The number of nitrogens with one attached hydrogen (secondary N) is 3. The summed E-state index contributed by atoms with van der Waals surface area (Å²) in [5.74, 6) is -0.203. The van der Waals surface area contributed by atoms with Gasteiger partial charge in [0.2, 0.25) is 0 Å². The zero-order valence-corrected chi connectivity index (χ0v) is 13.9. The maximum absolute atomic E-state index is 12.2. The van der Waals surface area contributed by atoms with Crippen LogP contribution in [-0.2, 0) is 0 Å². The van der Waals surface area contributed by atoms with E-state index in [-0.39, 0.29) is 5.91 Å². The van der Waals surface area contributed by atoms with Crippen LogP contribution in [0.4, 0.5) is 5.69 Å². The molecule has 0 radical (unpaired) electrons. The lowest BCUT2D eigenvalue weighted by Gasteiger charge is -2.06. The Hall–Kier alpha value is -2.44. The Morgan fingerprint density at radius 3 is 2.65 bits per heavy atom. The number of benzene rings is 2. The van der Waals surface area contributed by atoms with Gasteiger partial charge in [0.1, 0.15) is 0 Å². The van der Waals surface area contributed by atoms with Gasteiger partial charge in [0.15, 0.2) is 5.11 Å². The molecule has 0 atom stereocenters. The molecule has 1 amide bonds. The summed E-state index contributed by atoms with van der Waals surface area (Å²) in [5.41, 5.74) is 4.69. The van der Waals surface area contributed by atoms with Crippen molar-refractivity contribution in [1.82, 2.24) is 10.7 Å². The number of carbonyl (C=O) groups excluding carboxylic acids is 1. The summed E-state index contributed by atoms with van der Waals surface area (Å²) in [6.45, 7) is 0. The van der Waals surface area contributed by atoms with Gasteiger partial charge in [0, 0.05) is 23.3 Å². The van der Waals surface area contributed by atoms with E-state index in [0.29, 0.717) is 21.4 Å². The molecule has 2 aromatic rings. The predicted octanol–water partition coefficient (Wildman–Crippen LogP) is 3.02. The van der Waals surface area contributed by atoms with Crippen LogP contribution in [0.5, 0.6) is 0 Å². The second-order valence-electron chi connectivity index (χ2n) is 4.54. The molecule has 2 rings (SSSR count). The molecule has 0 saturated heterocycles. The Balaban J connectivity index is 2.03. The second kappa shape index (κ2) is 8.26. The quantitative estimate of drug-likeness (QED) is 0.452. The average Bonchev–Trinajstić information content (AvgIpc) is 2.55. The molecule has 0 aliphatic heterocycles. The van der Waals surface area contributed by atoms with Crippen LogP contribution >= 0.6 is 23.8 Å². The van der Waals surface area contributed by atoms with Crippen LogP contribution in [0.1, 0.15) is 15.9 Å². The molecule has 3 N–H and O–H groups in total. The lowest BCUT2D eigenvalue weighted by molar-refractivity contribution is 0.102. The van der Waals surface area contributed by atoms with Crippen LogP contribution in [0.2, 0.25) is 5.02 Å². The number of halogens is 1. The van der Waals surface area contributed by atoms with Crippen molar-refractivity contribution in [2.75, 3.05) is 12.4 Å². The van der Waals surface area contributed by atoms with Gasteiger partial charge in [-0.15, -0.1) is 0 Å². The van der Waals surface area contributed by atoms with Crippen molar-refractivity contribution < 1.29 is 4.79 Å². The maximum Gasteiger partial charge on any atom is 0.255 e. The molecule has 118 valence electrons. The minimum atomic E-state index is -0.203. The molecule has 0 aliphatic rings. The van der Waals surface area contributed by atoms with Crippen molar-refractivity contribution >= 4 is 46.7 Å².